The summed E-state index contributed by atoms with van der Waals surface area (Å²) in [7, 11) is -1.95. The van der Waals surface area contributed by atoms with Crippen molar-refractivity contribution < 1.29 is 34.3 Å². The highest BCUT2D eigenvalue weighted by molar-refractivity contribution is 6.74. The molecule has 7 nitrogen and oxygen atoms in total. The lowest BCUT2D eigenvalue weighted by molar-refractivity contribution is -0.138. The number of rotatable bonds is 17. The molecule has 0 saturated carbocycles. The molecule has 2 aliphatic heterocycles. The van der Waals surface area contributed by atoms with E-state index in [1.54, 1.807) is 0 Å². The van der Waals surface area contributed by atoms with Gasteiger partial charge in [0.25, 0.3) is 0 Å². The van der Waals surface area contributed by atoms with Crippen LogP contribution in [0.3, 0.4) is 0 Å². The third-order valence-corrected chi connectivity index (χ3v) is 13.6. The van der Waals surface area contributed by atoms with E-state index < -0.39 is 38.8 Å². The number of allylic oxidation sites excluding steroid dienone is 1. The highest BCUT2D eigenvalue weighted by atomic mass is 28.4. The molecule has 0 aromatic rings. The molecule has 2 aliphatic rings. The monoisotopic (exact) mass is 572 g/mol. The maximum atomic E-state index is 10.8. The van der Waals surface area contributed by atoms with Gasteiger partial charge in [0.2, 0.25) is 0 Å². The van der Waals surface area contributed by atoms with E-state index in [0.717, 1.165) is 12.8 Å². The molecule has 2 saturated heterocycles. The zero-order chi connectivity index (χ0) is 29.1. The first-order valence-electron chi connectivity index (χ1n) is 15.7. The number of aliphatic hydroxyl groups is 4. The van der Waals surface area contributed by atoms with E-state index in [1.165, 1.54) is 32.1 Å². The van der Waals surface area contributed by atoms with Gasteiger partial charge in [-0.05, 0) is 69.5 Å². The largest absolute Gasteiger partial charge is 0.414 e. The first-order valence-corrected chi connectivity index (χ1v) is 18.6. The van der Waals surface area contributed by atoms with Gasteiger partial charge in [0.05, 0.1) is 43.2 Å². The fourth-order valence-corrected chi connectivity index (χ4v) is 6.20. The second-order valence-corrected chi connectivity index (χ2v) is 18.2. The zero-order valence-corrected chi connectivity index (χ0v) is 26.7. The van der Waals surface area contributed by atoms with Gasteiger partial charge in [-0.3, -0.25) is 0 Å². The molecular formula is C31H60O7Si. The van der Waals surface area contributed by atoms with Crippen molar-refractivity contribution in [2.45, 2.75) is 178 Å². The Morgan fingerprint density at radius 2 is 1.36 bits per heavy atom. The lowest BCUT2D eigenvalue weighted by Crippen LogP contribution is -2.44. The van der Waals surface area contributed by atoms with Crippen LogP contribution in [-0.2, 0) is 13.9 Å². The Morgan fingerprint density at radius 1 is 0.821 bits per heavy atom. The highest BCUT2D eigenvalue weighted by Crippen LogP contribution is 2.37. The molecule has 0 aliphatic carbocycles. The molecular weight excluding hydrogens is 512 g/mol. The minimum Gasteiger partial charge on any atom is -0.414 e. The first kappa shape index (κ1) is 34.9. The smallest absolute Gasteiger partial charge is 0.192 e. The number of aliphatic hydroxyl groups excluding tert-OH is 4. The molecule has 8 atom stereocenters. The molecule has 0 aromatic carbocycles. The van der Waals surface area contributed by atoms with Crippen LogP contribution in [0.5, 0.6) is 0 Å². The summed E-state index contributed by atoms with van der Waals surface area (Å²) in [6.45, 7) is 13.3. The second kappa shape index (κ2) is 17.0. The first-order chi connectivity index (χ1) is 18.4. The number of unbranched alkanes of at least 4 members (excludes halogenated alkanes) is 6. The van der Waals surface area contributed by atoms with Crippen molar-refractivity contribution in [3.8, 4) is 0 Å². The fraction of sp³-hybridized carbons (Fsp3) is 0.935. The van der Waals surface area contributed by atoms with Gasteiger partial charge in [0, 0.05) is 0 Å². The van der Waals surface area contributed by atoms with Gasteiger partial charge in [-0.15, -0.1) is 0 Å². The molecule has 0 spiro atoms. The second-order valence-electron chi connectivity index (χ2n) is 13.4. The van der Waals surface area contributed by atoms with Crippen molar-refractivity contribution in [3.63, 3.8) is 0 Å². The summed E-state index contributed by atoms with van der Waals surface area (Å²) in [4.78, 5) is 0. The van der Waals surface area contributed by atoms with Crippen molar-refractivity contribution >= 4 is 8.32 Å². The highest BCUT2D eigenvalue weighted by Gasteiger charge is 2.40. The average Bonchev–Trinajstić information content (AvgIpc) is 3.38. The Morgan fingerprint density at radius 3 is 1.97 bits per heavy atom. The topological polar surface area (TPSA) is 109 Å². The normalized spacial score (nSPS) is 29.1. The molecule has 0 unspecified atom stereocenters. The number of hydrogen-bond donors (Lipinski definition) is 4. The van der Waals surface area contributed by atoms with Crippen LogP contribution in [0.15, 0.2) is 12.2 Å². The van der Waals surface area contributed by atoms with Crippen LogP contribution in [0.1, 0.15) is 111 Å². The van der Waals surface area contributed by atoms with Gasteiger partial charge >= 0.3 is 0 Å². The third kappa shape index (κ3) is 11.8. The Kier molecular flexibility index (Phi) is 15.2. The van der Waals surface area contributed by atoms with Gasteiger partial charge in [-0.2, -0.15) is 0 Å². The molecule has 8 heteroatoms. The Labute approximate surface area is 239 Å². The molecule has 4 N–H and O–H groups in total. The van der Waals surface area contributed by atoms with Gasteiger partial charge in [-0.25, -0.2) is 0 Å². The van der Waals surface area contributed by atoms with E-state index >= 15 is 0 Å². The maximum Gasteiger partial charge on any atom is 0.192 e. The third-order valence-electron chi connectivity index (χ3n) is 9.06. The SMILES string of the molecule is CCCCCCCC/C=C\[C@@H]1O[C@H]([C@@H](O)CC[C@H](O)[C@@H]2CC[C@@H]([C@H](O)CO[Si](C)(C)C(C)(C)C)O2)CC[C@H]1O. The van der Waals surface area contributed by atoms with Crippen molar-refractivity contribution in [2.75, 3.05) is 6.61 Å². The van der Waals surface area contributed by atoms with Crippen molar-refractivity contribution in [1.82, 2.24) is 0 Å². The minimum absolute atomic E-state index is 0.0762. The van der Waals surface area contributed by atoms with Crippen molar-refractivity contribution in [1.29, 1.82) is 0 Å². The van der Waals surface area contributed by atoms with Crippen LogP contribution in [-0.4, -0.2) is 84.2 Å². The summed E-state index contributed by atoms with van der Waals surface area (Å²) in [5.74, 6) is 0. The van der Waals surface area contributed by atoms with E-state index in [9.17, 15) is 20.4 Å². The minimum atomic E-state index is -1.95. The van der Waals surface area contributed by atoms with Crippen LogP contribution in [0, 0.1) is 0 Å². The molecule has 0 radical (unpaired) electrons. The molecule has 0 bridgehead atoms. The van der Waals surface area contributed by atoms with E-state index in [2.05, 4.69) is 46.9 Å². The molecule has 39 heavy (non-hydrogen) atoms. The van der Waals surface area contributed by atoms with Gasteiger partial charge < -0.3 is 34.3 Å². The number of ether oxygens (including phenoxy) is 2. The van der Waals surface area contributed by atoms with E-state index in [4.69, 9.17) is 13.9 Å². The van der Waals surface area contributed by atoms with E-state index in [1.807, 2.05) is 6.08 Å². The summed E-state index contributed by atoms with van der Waals surface area (Å²) in [5.41, 5.74) is 0. The number of hydrogen-bond acceptors (Lipinski definition) is 7. The molecule has 230 valence electrons. The predicted octanol–water partition coefficient (Wildman–Crippen LogP) is 5.63. The zero-order valence-electron chi connectivity index (χ0n) is 25.7. The Hall–Kier alpha value is -0.323. The quantitative estimate of drug-likeness (QED) is 0.102. The summed E-state index contributed by atoms with van der Waals surface area (Å²) < 4.78 is 18.2. The summed E-state index contributed by atoms with van der Waals surface area (Å²) >= 11 is 0. The molecule has 2 rings (SSSR count). The molecule has 0 aromatic heterocycles. The lowest BCUT2D eigenvalue weighted by atomic mass is 9.94. The molecule has 2 fully saturated rings. The standard InChI is InChI=1S/C31H60O7Si/c1-7-8-9-10-11-12-13-14-15-27-25(34)18-19-28(37-27)23(32)16-17-24(33)29-20-21-30(38-29)26(35)22-36-39(5,6)31(2,3)4/h14-15,23-30,32-35H,7-13,16-22H2,1-6H3/b15-14-/t23-,24-,25+,26+,27-,28-,29-,30-/m0/s1. The lowest BCUT2D eigenvalue weighted by Gasteiger charge is -2.37. The predicted molar refractivity (Wildman–Crippen MR) is 159 cm³/mol. The Balaban J connectivity index is 1.70. The van der Waals surface area contributed by atoms with Gasteiger partial charge in [0.15, 0.2) is 8.32 Å². The van der Waals surface area contributed by atoms with Crippen LogP contribution in [0.25, 0.3) is 0 Å². The fourth-order valence-electron chi connectivity index (χ4n) is 5.18. The van der Waals surface area contributed by atoms with Crippen molar-refractivity contribution in [2.24, 2.45) is 0 Å². The van der Waals surface area contributed by atoms with Crippen molar-refractivity contribution in [3.05, 3.63) is 12.2 Å². The summed E-state index contributed by atoms with van der Waals surface area (Å²) in [6, 6.07) is 0. The van der Waals surface area contributed by atoms with Crippen LogP contribution >= 0.6 is 0 Å². The van der Waals surface area contributed by atoms with Crippen LogP contribution < -0.4 is 0 Å². The molecule has 2 heterocycles. The van der Waals surface area contributed by atoms with Crippen LogP contribution in [0.2, 0.25) is 18.1 Å². The van der Waals surface area contributed by atoms with E-state index in [0.29, 0.717) is 38.5 Å². The van der Waals surface area contributed by atoms with Gasteiger partial charge in [0.1, 0.15) is 12.2 Å². The molecule has 0 amide bonds. The van der Waals surface area contributed by atoms with Crippen LogP contribution in [0.4, 0.5) is 0 Å². The van der Waals surface area contributed by atoms with Gasteiger partial charge in [-0.1, -0.05) is 72.0 Å². The maximum absolute atomic E-state index is 10.8. The average molecular weight is 573 g/mol. The van der Waals surface area contributed by atoms with E-state index in [-0.39, 0.29) is 30.0 Å². The summed E-state index contributed by atoms with van der Waals surface area (Å²) in [5, 5.41) is 42.7. The Bertz CT molecular complexity index is 695. The summed E-state index contributed by atoms with van der Waals surface area (Å²) in [6.07, 6.45) is 11.8.